The fourth-order valence-electron chi connectivity index (χ4n) is 3.80. The van der Waals surface area contributed by atoms with Gasteiger partial charge < -0.3 is 9.80 Å². The Morgan fingerprint density at radius 1 is 0.952 bits per heavy atom. The Balaban J connectivity index is 1.72. The molecule has 2 aliphatic heterocycles. The van der Waals surface area contributed by atoms with Crippen molar-refractivity contribution in [3.63, 3.8) is 0 Å². The highest BCUT2D eigenvalue weighted by molar-refractivity contribution is 5.76. The van der Waals surface area contributed by atoms with Crippen molar-refractivity contribution in [2.45, 2.75) is 65.7 Å². The molecule has 0 aromatic carbocycles. The topological polar surface area (TPSA) is 23.6 Å². The van der Waals surface area contributed by atoms with Gasteiger partial charge in [0.2, 0.25) is 5.91 Å². The Kier molecular flexibility index (Phi) is 6.09. The molecule has 0 radical (unpaired) electrons. The normalized spacial score (nSPS) is 25.7. The fraction of sp³-hybridized carbons (Fsp3) is 0.944. The zero-order chi connectivity index (χ0) is 15.3. The number of carbonyl (C=O) groups is 1. The van der Waals surface area contributed by atoms with Crippen molar-refractivity contribution in [1.82, 2.24) is 9.80 Å². The van der Waals surface area contributed by atoms with Crippen LogP contribution < -0.4 is 0 Å². The number of amides is 1. The van der Waals surface area contributed by atoms with Gasteiger partial charge in [0.25, 0.3) is 0 Å². The minimum absolute atomic E-state index is 0.381. The van der Waals surface area contributed by atoms with Crippen molar-refractivity contribution < 1.29 is 4.79 Å². The van der Waals surface area contributed by atoms with Gasteiger partial charge in [0.1, 0.15) is 0 Å². The van der Waals surface area contributed by atoms with Crippen LogP contribution in [-0.2, 0) is 4.79 Å². The van der Waals surface area contributed by atoms with E-state index >= 15 is 0 Å². The molecular formula is C18H34N2O. The first-order chi connectivity index (χ1) is 9.97. The molecule has 3 heteroatoms. The summed E-state index contributed by atoms with van der Waals surface area (Å²) in [7, 11) is 0. The Bertz CT molecular complexity index is 329. The van der Waals surface area contributed by atoms with E-state index in [1.165, 1.54) is 51.6 Å². The minimum atomic E-state index is 0.381. The maximum Gasteiger partial charge on any atom is 0.223 e. The van der Waals surface area contributed by atoms with Gasteiger partial charge in [0.15, 0.2) is 0 Å². The van der Waals surface area contributed by atoms with Crippen LogP contribution in [0.3, 0.4) is 0 Å². The maximum absolute atomic E-state index is 12.2. The summed E-state index contributed by atoms with van der Waals surface area (Å²) in [6.07, 6.45) is 8.34. The number of rotatable bonds is 3. The van der Waals surface area contributed by atoms with E-state index in [2.05, 4.69) is 30.6 Å². The molecule has 1 amide bonds. The van der Waals surface area contributed by atoms with Gasteiger partial charge in [-0.2, -0.15) is 0 Å². The summed E-state index contributed by atoms with van der Waals surface area (Å²) in [6, 6.07) is 0. The summed E-state index contributed by atoms with van der Waals surface area (Å²) < 4.78 is 0. The third-order valence-electron chi connectivity index (χ3n) is 5.40. The quantitative estimate of drug-likeness (QED) is 0.795. The third-order valence-corrected chi connectivity index (χ3v) is 5.40. The first kappa shape index (κ1) is 16.8. The lowest BCUT2D eigenvalue weighted by atomic mass is 9.77. The molecule has 2 heterocycles. The van der Waals surface area contributed by atoms with E-state index in [1.807, 2.05) is 0 Å². The zero-order valence-corrected chi connectivity index (χ0v) is 14.4. The molecule has 0 aromatic heterocycles. The van der Waals surface area contributed by atoms with Gasteiger partial charge in [-0.1, -0.05) is 20.8 Å². The summed E-state index contributed by atoms with van der Waals surface area (Å²) in [6.45, 7) is 12.4. The number of carbonyl (C=O) groups excluding carboxylic acids is 1. The number of hydrogen-bond acceptors (Lipinski definition) is 2. The predicted octanol–water partition coefficient (Wildman–Crippen LogP) is 3.54. The molecule has 0 bridgehead atoms. The number of likely N-dealkylation sites (tertiary alicyclic amines) is 2. The maximum atomic E-state index is 12.2. The zero-order valence-electron chi connectivity index (χ0n) is 14.4. The molecule has 2 rings (SSSR count). The van der Waals surface area contributed by atoms with E-state index in [-0.39, 0.29) is 0 Å². The molecule has 21 heavy (non-hydrogen) atoms. The van der Waals surface area contributed by atoms with Crippen molar-refractivity contribution in [1.29, 1.82) is 0 Å². The lowest BCUT2D eigenvalue weighted by molar-refractivity contribution is -0.132. The molecular weight excluding hydrogens is 260 g/mol. The monoisotopic (exact) mass is 294 g/mol. The van der Waals surface area contributed by atoms with E-state index < -0.39 is 0 Å². The van der Waals surface area contributed by atoms with Crippen molar-refractivity contribution in [3.05, 3.63) is 0 Å². The Morgan fingerprint density at radius 2 is 1.67 bits per heavy atom. The highest BCUT2D eigenvalue weighted by atomic mass is 16.2. The van der Waals surface area contributed by atoms with Gasteiger partial charge in [-0.15, -0.1) is 0 Å². The summed E-state index contributed by atoms with van der Waals surface area (Å²) in [5, 5.41) is 0. The van der Waals surface area contributed by atoms with E-state index in [4.69, 9.17) is 0 Å². The molecule has 0 aliphatic carbocycles. The second kappa shape index (κ2) is 7.62. The van der Waals surface area contributed by atoms with Gasteiger partial charge in [-0.3, -0.25) is 4.79 Å². The van der Waals surface area contributed by atoms with Crippen LogP contribution in [0, 0.1) is 11.3 Å². The number of hydrogen-bond donors (Lipinski definition) is 0. The second-order valence-corrected chi connectivity index (χ2v) is 8.03. The number of piperidine rings is 1. The van der Waals surface area contributed by atoms with Crippen LogP contribution in [0.4, 0.5) is 0 Å². The molecule has 2 saturated heterocycles. The van der Waals surface area contributed by atoms with Crippen LogP contribution in [-0.4, -0.2) is 48.4 Å². The van der Waals surface area contributed by atoms with E-state index in [0.717, 1.165) is 32.0 Å². The summed E-state index contributed by atoms with van der Waals surface area (Å²) >= 11 is 0. The fourth-order valence-corrected chi connectivity index (χ4v) is 3.80. The van der Waals surface area contributed by atoms with Crippen molar-refractivity contribution >= 4 is 5.91 Å². The summed E-state index contributed by atoms with van der Waals surface area (Å²) in [4.78, 5) is 16.9. The van der Waals surface area contributed by atoms with Crippen LogP contribution in [0.5, 0.6) is 0 Å². The lowest BCUT2D eigenvalue weighted by Gasteiger charge is -2.30. The van der Waals surface area contributed by atoms with Crippen molar-refractivity contribution in [2.75, 3.05) is 32.7 Å². The summed E-state index contributed by atoms with van der Waals surface area (Å²) in [5.41, 5.74) is 0.430. The third kappa shape index (κ3) is 5.28. The van der Waals surface area contributed by atoms with Crippen LogP contribution in [0.1, 0.15) is 65.7 Å². The Labute approximate surface area is 131 Å². The molecule has 0 spiro atoms. The lowest BCUT2D eigenvalue weighted by Crippen LogP contribution is -2.38. The summed E-state index contributed by atoms with van der Waals surface area (Å²) in [5.74, 6) is 1.21. The highest BCUT2D eigenvalue weighted by Gasteiger charge is 2.27. The highest BCUT2D eigenvalue weighted by Crippen LogP contribution is 2.34. The van der Waals surface area contributed by atoms with Crippen LogP contribution in [0.25, 0.3) is 0 Å². The Hall–Kier alpha value is -0.570. The largest absolute Gasteiger partial charge is 0.343 e. The molecule has 2 aliphatic rings. The number of nitrogens with zero attached hydrogens (tertiary/aromatic N) is 2. The van der Waals surface area contributed by atoms with Gasteiger partial charge in [-0.05, 0) is 62.9 Å². The van der Waals surface area contributed by atoms with E-state index in [0.29, 0.717) is 11.3 Å². The predicted molar refractivity (Wildman–Crippen MR) is 88.3 cm³/mol. The van der Waals surface area contributed by atoms with E-state index in [1.54, 1.807) is 0 Å². The van der Waals surface area contributed by atoms with Gasteiger partial charge in [0.05, 0.1) is 0 Å². The van der Waals surface area contributed by atoms with Crippen molar-refractivity contribution in [2.24, 2.45) is 11.3 Å². The first-order valence-corrected chi connectivity index (χ1v) is 8.97. The smallest absolute Gasteiger partial charge is 0.223 e. The van der Waals surface area contributed by atoms with Gasteiger partial charge >= 0.3 is 0 Å². The first-order valence-electron chi connectivity index (χ1n) is 8.97. The molecule has 0 saturated carbocycles. The average Bonchev–Trinajstić information content (AvgIpc) is 2.71. The van der Waals surface area contributed by atoms with Gasteiger partial charge in [0, 0.05) is 26.1 Å². The molecule has 2 fully saturated rings. The molecule has 3 nitrogen and oxygen atoms in total. The molecule has 1 unspecified atom stereocenters. The Morgan fingerprint density at radius 3 is 2.33 bits per heavy atom. The standard InChI is InChI=1S/C18H34N2O/c1-18(2,3)16-8-7-11-19(14-9-16)15-10-17(21)20-12-5-4-6-13-20/h16H,4-15H2,1-3H3. The van der Waals surface area contributed by atoms with Gasteiger partial charge in [-0.25, -0.2) is 0 Å². The molecule has 0 N–H and O–H groups in total. The SMILES string of the molecule is CC(C)(C)C1CCCN(CCC(=O)N2CCCCC2)CC1. The second-order valence-electron chi connectivity index (χ2n) is 8.03. The minimum Gasteiger partial charge on any atom is -0.343 e. The van der Waals surface area contributed by atoms with Crippen LogP contribution in [0.2, 0.25) is 0 Å². The molecule has 0 aromatic rings. The van der Waals surface area contributed by atoms with Crippen molar-refractivity contribution in [3.8, 4) is 0 Å². The van der Waals surface area contributed by atoms with Crippen LogP contribution >= 0.6 is 0 Å². The molecule has 122 valence electrons. The van der Waals surface area contributed by atoms with Crippen LogP contribution in [0.15, 0.2) is 0 Å². The molecule has 1 atom stereocenters. The average molecular weight is 294 g/mol. The van der Waals surface area contributed by atoms with E-state index in [9.17, 15) is 4.79 Å².